The minimum Gasteiger partial charge on any atom is -0.380 e. The van der Waals surface area contributed by atoms with E-state index in [1.807, 2.05) is 0 Å². The SMILES string of the molecule is CNC(=O)CN1CCCOCC1.Cl. The minimum absolute atomic E-state index is 0. The van der Waals surface area contributed by atoms with E-state index in [1.165, 1.54) is 0 Å². The molecule has 0 aromatic rings. The summed E-state index contributed by atoms with van der Waals surface area (Å²) in [5.74, 6) is 0.0805. The lowest BCUT2D eigenvalue weighted by molar-refractivity contribution is -0.121. The highest BCUT2D eigenvalue weighted by molar-refractivity contribution is 5.85. The Balaban J connectivity index is 0.00000144. The molecule has 0 bridgehead atoms. The maximum absolute atomic E-state index is 11.0. The summed E-state index contributed by atoms with van der Waals surface area (Å²) >= 11 is 0. The van der Waals surface area contributed by atoms with E-state index >= 15 is 0 Å². The van der Waals surface area contributed by atoms with Crippen molar-refractivity contribution >= 4 is 18.3 Å². The van der Waals surface area contributed by atoms with Gasteiger partial charge in [-0.2, -0.15) is 0 Å². The molecule has 1 N–H and O–H groups in total. The van der Waals surface area contributed by atoms with E-state index in [0.717, 1.165) is 32.7 Å². The molecule has 0 unspecified atom stereocenters. The van der Waals surface area contributed by atoms with E-state index in [1.54, 1.807) is 7.05 Å². The lowest BCUT2D eigenvalue weighted by atomic mass is 10.4. The molecule has 1 aliphatic rings. The molecule has 1 aliphatic heterocycles. The molecular weight excluding hydrogens is 192 g/mol. The number of ether oxygens (including phenoxy) is 1. The third-order valence-electron chi connectivity index (χ3n) is 1.96. The summed E-state index contributed by atoms with van der Waals surface area (Å²) in [4.78, 5) is 13.1. The number of carbonyl (C=O) groups is 1. The molecule has 0 spiro atoms. The Labute approximate surface area is 85.0 Å². The minimum atomic E-state index is 0. The van der Waals surface area contributed by atoms with Gasteiger partial charge in [-0.25, -0.2) is 0 Å². The summed E-state index contributed by atoms with van der Waals surface area (Å²) in [6.45, 7) is 3.90. The molecule has 1 heterocycles. The fourth-order valence-electron chi connectivity index (χ4n) is 1.24. The van der Waals surface area contributed by atoms with E-state index in [2.05, 4.69) is 10.2 Å². The third kappa shape index (κ3) is 5.08. The Morgan fingerprint density at radius 2 is 2.23 bits per heavy atom. The number of hydrogen-bond acceptors (Lipinski definition) is 3. The van der Waals surface area contributed by atoms with Gasteiger partial charge >= 0.3 is 0 Å². The van der Waals surface area contributed by atoms with Gasteiger partial charge in [0.2, 0.25) is 5.91 Å². The first-order valence-electron chi connectivity index (χ1n) is 4.33. The summed E-state index contributed by atoms with van der Waals surface area (Å²) in [6.07, 6.45) is 1.02. The average Bonchev–Trinajstić information content (AvgIpc) is 2.33. The van der Waals surface area contributed by atoms with Gasteiger partial charge in [0, 0.05) is 26.7 Å². The Kier molecular flexibility index (Phi) is 6.94. The van der Waals surface area contributed by atoms with Crippen LogP contribution in [0.1, 0.15) is 6.42 Å². The van der Waals surface area contributed by atoms with Crippen LogP contribution in [0.4, 0.5) is 0 Å². The number of halogens is 1. The molecule has 0 aliphatic carbocycles. The number of likely N-dealkylation sites (N-methyl/N-ethyl adjacent to an activating group) is 1. The predicted molar refractivity (Wildman–Crippen MR) is 53.2 cm³/mol. The molecule has 1 rings (SSSR count). The summed E-state index contributed by atoms with van der Waals surface area (Å²) in [5.41, 5.74) is 0. The Bertz CT molecular complexity index is 147. The maximum atomic E-state index is 11.0. The molecule has 0 atom stereocenters. The second kappa shape index (κ2) is 7.12. The Morgan fingerprint density at radius 1 is 1.46 bits per heavy atom. The zero-order valence-corrected chi connectivity index (χ0v) is 8.73. The molecule has 4 nitrogen and oxygen atoms in total. The van der Waals surface area contributed by atoms with Crippen molar-refractivity contribution in [2.24, 2.45) is 0 Å². The lowest BCUT2D eigenvalue weighted by Gasteiger charge is -2.17. The molecule has 5 heteroatoms. The maximum Gasteiger partial charge on any atom is 0.233 e. The van der Waals surface area contributed by atoms with Gasteiger partial charge in [-0.05, 0) is 6.42 Å². The van der Waals surface area contributed by atoms with Crippen LogP contribution in [0.2, 0.25) is 0 Å². The zero-order chi connectivity index (χ0) is 8.81. The smallest absolute Gasteiger partial charge is 0.233 e. The lowest BCUT2D eigenvalue weighted by Crippen LogP contribution is -2.36. The number of rotatable bonds is 2. The van der Waals surface area contributed by atoms with Crippen LogP contribution in [0.15, 0.2) is 0 Å². The fraction of sp³-hybridized carbons (Fsp3) is 0.875. The number of nitrogens with zero attached hydrogens (tertiary/aromatic N) is 1. The molecule has 0 saturated carbocycles. The first-order chi connectivity index (χ1) is 5.83. The summed E-state index contributed by atoms with van der Waals surface area (Å²) in [5, 5.41) is 2.61. The number of amides is 1. The van der Waals surface area contributed by atoms with Crippen LogP contribution in [0.5, 0.6) is 0 Å². The first kappa shape index (κ1) is 12.7. The third-order valence-corrected chi connectivity index (χ3v) is 1.96. The van der Waals surface area contributed by atoms with Crippen LogP contribution in [0.3, 0.4) is 0 Å². The van der Waals surface area contributed by atoms with Crippen molar-refractivity contribution in [2.45, 2.75) is 6.42 Å². The van der Waals surface area contributed by atoms with Crippen molar-refractivity contribution in [3.63, 3.8) is 0 Å². The van der Waals surface area contributed by atoms with Crippen molar-refractivity contribution < 1.29 is 9.53 Å². The highest BCUT2D eigenvalue weighted by atomic mass is 35.5. The van der Waals surface area contributed by atoms with E-state index < -0.39 is 0 Å². The molecule has 13 heavy (non-hydrogen) atoms. The first-order valence-corrected chi connectivity index (χ1v) is 4.33. The van der Waals surface area contributed by atoms with Crippen LogP contribution in [-0.4, -0.2) is 50.7 Å². The van der Waals surface area contributed by atoms with E-state index in [4.69, 9.17) is 4.74 Å². The van der Waals surface area contributed by atoms with Crippen LogP contribution < -0.4 is 5.32 Å². The molecule has 1 saturated heterocycles. The Morgan fingerprint density at radius 3 is 2.92 bits per heavy atom. The fourth-order valence-corrected chi connectivity index (χ4v) is 1.24. The molecule has 0 aromatic carbocycles. The van der Waals surface area contributed by atoms with E-state index in [-0.39, 0.29) is 18.3 Å². The highest BCUT2D eigenvalue weighted by Gasteiger charge is 2.11. The zero-order valence-electron chi connectivity index (χ0n) is 7.91. The van der Waals surface area contributed by atoms with Crippen molar-refractivity contribution in [3.8, 4) is 0 Å². The van der Waals surface area contributed by atoms with Gasteiger partial charge in [0.05, 0.1) is 13.2 Å². The monoisotopic (exact) mass is 208 g/mol. The number of hydrogen-bond donors (Lipinski definition) is 1. The topological polar surface area (TPSA) is 41.6 Å². The second-order valence-corrected chi connectivity index (χ2v) is 2.92. The van der Waals surface area contributed by atoms with Gasteiger partial charge in [0.15, 0.2) is 0 Å². The predicted octanol–water partition coefficient (Wildman–Crippen LogP) is -0.124. The van der Waals surface area contributed by atoms with Crippen LogP contribution in [-0.2, 0) is 9.53 Å². The second-order valence-electron chi connectivity index (χ2n) is 2.92. The molecule has 0 radical (unpaired) electrons. The van der Waals surface area contributed by atoms with Gasteiger partial charge in [0.25, 0.3) is 0 Å². The molecular formula is C8H17ClN2O2. The van der Waals surface area contributed by atoms with Crippen LogP contribution in [0, 0.1) is 0 Å². The van der Waals surface area contributed by atoms with Crippen molar-refractivity contribution in [2.75, 3.05) is 39.9 Å². The molecule has 1 amide bonds. The van der Waals surface area contributed by atoms with E-state index in [0.29, 0.717) is 6.54 Å². The van der Waals surface area contributed by atoms with Gasteiger partial charge in [-0.3, -0.25) is 9.69 Å². The normalized spacial score (nSPS) is 18.5. The van der Waals surface area contributed by atoms with Crippen LogP contribution >= 0.6 is 12.4 Å². The van der Waals surface area contributed by atoms with Gasteiger partial charge in [0.1, 0.15) is 0 Å². The van der Waals surface area contributed by atoms with Crippen molar-refractivity contribution in [1.29, 1.82) is 0 Å². The summed E-state index contributed by atoms with van der Waals surface area (Å²) < 4.78 is 5.27. The average molecular weight is 209 g/mol. The molecule has 78 valence electrons. The van der Waals surface area contributed by atoms with Gasteiger partial charge < -0.3 is 10.1 Å². The molecule has 0 aromatic heterocycles. The number of nitrogens with one attached hydrogen (secondary N) is 1. The van der Waals surface area contributed by atoms with E-state index in [9.17, 15) is 4.79 Å². The van der Waals surface area contributed by atoms with Crippen molar-refractivity contribution in [1.82, 2.24) is 10.2 Å². The van der Waals surface area contributed by atoms with Gasteiger partial charge in [-0.1, -0.05) is 0 Å². The van der Waals surface area contributed by atoms with Gasteiger partial charge in [-0.15, -0.1) is 12.4 Å². The summed E-state index contributed by atoms with van der Waals surface area (Å²) in [7, 11) is 1.66. The highest BCUT2D eigenvalue weighted by Crippen LogP contribution is 1.97. The molecule has 1 fully saturated rings. The standard InChI is InChI=1S/C8H16N2O2.ClH/c1-9-8(11)7-10-3-2-5-12-6-4-10;/h2-7H2,1H3,(H,9,11);1H. The largest absolute Gasteiger partial charge is 0.380 e. The van der Waals surface area contributed by atoms with Crippen molar-refractivity contribution in [3.05, 3.63) is 0 Å². The Hall–Kier alpha value is -0.320. The van der Waals surface area contributed by atoms with Crippen LogP contribution in [0.25, 0.3) is 0 Å². The summed E-state index contributed by atoms with van der Waals surface area (Å²) in [6, 6.07) is 0. The number of carbonyl (C=O) groups excluding carboxylic acids is 1. The quantitative estimate of drug-likeness (QED) is 0.688.